The lowest BCUT2D eigenvalue weighted by atomic mass is 10.0. The molecule has 4 heteroatoms. The number of hydrogen-bond acceptors (Lipinski definition) is 3. The molecule has 1 aliphatic rings. The van der Waals surface area contributed by atoms with Crippen LogP contribution in [0.4, 0.5) is 0 Å². The van der Waals surface area contributed by atoms with Crippen molar-refractivity contribution in [1.82, 2.24) is 5.32 Å². The SMILES string of the molecule is CC(CNC1CC=CCC1)C(N)=NO. The van der Waals surface area contributed by atoms with Gasteiger partial charge in [-0.3, -0.25) is 0 Å². The highest BCUT2D eigenvalue weighted by Gasteiger charge is 2.12. The van der Waals surface area contributed by atoms with Gasteiger partial charge in [0.2, 0.25) is 0 Å². The fourth-order valence-corrected chi connectivity index (χ4v) is 1.53. The Morgan fingerprint density at radius 1 is 1.71 bits per heavy atom. The third-order valence-corrected chi connectivity index (χ3v) is 2.60. The summed E-state index contributed by atoms with van der Waals surface area (Å²) in [6.07, 6.45) is 7.83. The number of nitrogens with zero attached hydrogens (tertiary/aromatic N) is 1. The Hall–Kier alpha value is -1.03. The summed E-state index contributed by atoms with van der Waals surface area (Å²) in [6.45, 7) is 2.72. The van der Waals surface area contributed by atoms with Crippen molar-refractivity contribution in [2.24, 2.45) is 16.8 Å². The molecule has 80 valence electrons. The van der Waals surface area contributed by atoms with Crippen molar-refractivity contribution in [3.63, 3.8) is 0 Å². The summed E-state index contributed by atoms with van der Waals surface area (Å²) < 4.78 is 0. The summed E-state index contributed by atoms with van der Waals surface area (Å²) in [5.41, 5.74) is 5.48. The van der Waals surface area contributed by atoms with Crippen molar-refractivity contribution in [2.45, 2.75) is 32.2 Å². The van der Waals surface area contributed by atoms with Crippen molar-refractivity contribution in [3.8, 4) is 0 Å². The van der Waals surface area contributed by atoms with Gasteiger partial charge in [0.1, 0.15) is 5.84 Å². The standard InChI is InChI=1S/C10H19N3O/c1-8(10(11)13-14)7-12-9-5-3-2-4-6-9/h2-3,8-9,12,14H,4-7H2,1H3,(H2,11,13). The van der Waals surface area contributed by atoms with Crippen molar-refractivity contribution in [2.75, 3.05) is 6.54 Å². The van der Waals surface area contributed by atoms with Crippen LogP contribution < -0.4 is 11.1 Å². The van der Waals surface area contributed by atoms with Gasteiger partial charge in [0, 0.05) is 18.5 Å². The Kier molecular flexibility index (Phi) is 4.46. The summed E-state index contributed by atoms with van der Waals surface area (Å²) in [5.74, 6) is 0.384. The third kappa shape index (κ3) is 3.38. The Bertz CT molecular complexity index is 225. The summed E-state index contributed by atoms with van der Waals surface area (Å²) in [6, 6.07) is 0.550. The molecule has 1 aliphatic carbocycles. The third-order valence-electron chi connectivity index (χ3n) is 2.60. The summed E-state index contributed by atoms with van der Waals surface area (Å²) in [7, 11) is 0. The van der Waals surface area contributed by atoms with E-state index < -0.39 is 0 Å². The molecule has 14 heavy (non-hydrogen) atoms. The molecule has 0 saturated carbocycles. The number of nitrogens with two attached hydrogens (primary N) is 1. The van der Waals surface area contributed by atoms with Gasteiger partial charge in [0.05, 0.1) is 0 Å². The molecule has 0 amide bonds. The number of nitrogens with one attached hydrogen (secondary N) is 1. The zero-order chi connectivity index (χ0) is 10.4. The Morgan fingerprint density at radius 3 is 3.07 bits per heavy atom. The lowest BCUT2D eigenvalue weighted by molar-refractivity contribution is 0.313. The van der Waals surface area contributed by atoms with E-state index in [0.29, 0.717) is 11.9 Å². The molecule has 2 unspecified atom stereocenters. The minimum absolute atomic E-state index is 0.0888. The van der Waals surface area contributed by atoms with Crippen molar-refractivity contribution in [3.05, 3.63) is 12.2 Å². The highest BCUT2D eigenvalue weighted by molar-refractivity contribution is 5.82. The van der Waals surface area contributed by atoms with Crippen LogP contribution in [0.3, 0.4) is 0 Å². The summed E-state index contributed by atoms with van der Waals surface area (Å²) in [5, 5.41) is 14.9. The molecule has 0 fully saturated rings. The van der Waals surface area contributed by atoms with E-state index in [1.165, 1.54) is 6.42 Å². The first-order chi connectivity index (χ1) is 6.74. The van der Waals surface area contributed by atoms with Crippen LogP contribution >= 0.6 is 0 Å². The van der Waals surface area contributed by atoms with Crippen LogP contribution in [-0.4, -0.2) is 23.6 Å². The molecule has 0 aliphatic heterocycles. The van der Waals surface area contributed by atoms with Gasteiger partial charge in [-0.1, -0.05) is 24.2 Å². The Morgan fingerprint density at radius 2 is 2.50 bits per heavy atom. The molecule has 0 spiro atoms. The number of allylic oxidation sites excluding steroid dienone is 1. The van der Waals surface area contributed by atoms with Gasteiger partial charge in [-0.2, -0.15) is 0 Å². The average molecular weight is 197 g/mol. The van der Waals surface area contributed by atoms with Crippen LogP contribution in [0.2, 0.25) is 0 Å². The van der Waals surface area contributed by atoms with E-state index in [9.17, 15) is 0 Å². The topological polar surface area (TPSA) is 70.6 Å². The van der Waals surface area contributed by atoms with E-state index in [-0.39, 0.29) is 5.92 Å². The van der Waals surface area contributed by atoms with Gasteiger partial charge in [-0.25, -0.2) is 0 Å². The van der Waals surface area contributed by atoms with E-state index in [2.05, 4.69) is 22.6 Å². The number of hydrogen-bond donors (Lipinski definition) is 3. The maximum absolute atomic E-state index is 8.47. The molecule has 2 atom stereocenters. The predicted molar refractivity (Wildman–Crippen MR) is 57.4 cm³/mol. The molecule has 0 radical (unpaired) electrons. The highest BCUT2D eigenvalue weighted by Crippen LogP contribution is 2.10. The minimum atomic E-state index is 0.0888. The number of amidine groups is 1. The van der Waals surface area contributed by atoms with Crippen LogP contribution in [0, 0.1) is 5.92 Å². The van der Waals surface area contributed by atoms with E-state index >= 15 is 0 Å². The molecule has 0 aromatic rings. The molecule has 0 saturated heterocycles. The monoisotopic (exact) mass is 197 g/mol. The molecular formula is C10H19N3O. The minimum Gasteiger partial charge on any atom is -0.409 e. The van der Waals surface area contributed by atoms with E-state index in [0.717, 1.165) is 19.4 Å². The van der Waals surface area contributed by atoms with Gasteiger partial charge in [-0.15, -0.1) is 0 Å². The second-order valence-corrected chi connectivity index (χ2v) is 3.82. The lowest BCUT2D eigenvalue weighted by Crippen LogP contribution is -2.37. The smallest absolute Gasteiger partial charge is 0.143 e. The maximum atomic E-state index is 8.47. The van der Waals surface area contributed by atoms with Gasteiger partial charge in [-0.05, 0) is 19.3 Å². The van der Waals surface area contributed by atoms with Crippen molar-refractivity contribution >= 4 is 5.84 Å². The van der Waals surface area contributed by atoms with Crippen molar-refractivity contribution in [1.29, 1.82) is 0 Å². The molecule has 4 N–H and O–H groups in total. The quantitative estimate of drug-likeness (QED) is 0.207. The normalized spacial score (nSPS) is 24.9. The van der Waals surface area contributed by atoms with Crippen LogP contribution in [0.15, 0.2) is 17.3 Å². The van der Waals surface area contributed by atoms with Crippen LogP contribution in [0.25, 0.3) is 0 Å². The number of rotatable bonds is 4. The molecule has 1 rings (SSSR count). The predicted octanol–water partition coefficient (Wildman–Crippen LogP) is 1.07. The Balaban J connectivity index is 2.22. The van der Waals surface area contributed by atoms with Gasteiger partial charge in [0.15, 0.2) is 0 Å². The van der Waals surface area contributed by atoms with Crippen LogP contribution in [0.1, 0.15) is 26.2 Å². The summed E-state index contributed by atoms with van der Waals surface area (Å²) >= 11 is 0. The zero-order valence-corrected chi connectivity index (χ0v) is 8.61. The van der Waals surface area contributed by atoms with Gasteiger partial charge < -0.3 is 16.3 Å². The van der Waals surface area contributed by atoms with Crippen molar-refractivity contribution < 1.29 is 5.21 Å². The molecule has 0 aromatic heterocycles. The molecule has 0 bridgehead atoms. The first-order valence-electron chi connectivity index (χ1n) is 5.10. The first kappa shape index (κ1) is 11.0. The fraction of sp³-hybridized carbons (Fsp3) is 0.700. The second kappa shape index (κ2) is 5.65. The molecular weight excluding hydrogens is 178 g/mol. The maximum Gasteiger partial charge on any atom is 0.143 e. The van der Waals surface area contributed by atoms with Crippen LogP contribution in [0.5, 0.6) is 0 Å². The average Bonchev–Trinajstić information content (AvgIpc) is 2.26. The largest absolute Gasteiger partial charge is 0.409 e. The molecule has 0 aromatic carbocycles. The highest BCUT2D eigenvalue weighted by atomic mass is 16.4. The molecule has 0 heterocycles. The number of oxime groups is 1. The second-order valence-electron chi connectivity index (χ2n) is 3.82. The van der Waals surface area contributed by atoms with Gasteiger partial charge in [0.25, 0.3) is 0 Å². The van der Waals surface area contributed by atoms with E-state index in [4.69, 9.17) is 10.9 Å². The molecule has 4 nitrogen and oxygen atoms in total. The summed E-state index contributed by atoms with van der Waals surface area (Å²) in [4.78, 5) is 0. The van der Waals surface area contributed by atoms with Gasteiger partial charge >= 0.3 is 0 Å². The van der Waals surface area contributed by atoms with Crippen LogP contribution in [-0.2, 0) is 0 Å². The van der Waals surface area contributed by atoms with E-state index in [1.807, 2.05) is 6.92 Å². The Labute approximate surface area is 84.9 Å². The van der Waals surface area contributed by atoms with E-state index in [1.54, 1.807) is 0 Å². The zero-order valence-electron chi connectivity index (χ0n) is 8.61. The fourth-order valence-electron chi connectivity index (χ4n) is 1.53. The lowest BCUT2D eigenvalue weighted by Gasteiger charge is -2.21. The first-order valence-corrected chi connectivity index (χ1v) is 5.10.